The normalized spacial score (nSPS) is 13.0. The van der Waals surface area contributed by atoms with Crippen LogP contribution in [0.1, 0.15) is 76.5 Å². The maximum atomic E-state index is 6.25. The minimum Gasteiger partial charge on any atom is -0.493 e. The topological polar surface area (TPSA) is 18.5 Å². The molecule has 2 nitrogen and oxygen atoms in total. The monoisotopic (exact) mass is 394 g/mol. The van der Waals surface area contributed by atoms with Crippen molar-refractivity contribution < 1.29 is 9.47 Å². The van der Waals surface area contributed by atoms with Gasteiger partial charge in [-0.05, 0) is 101 Å². The molecule has 0 saturated carbocycles. The molecular formula is C24H42O2S. The van der Waals surface area contributed by atoms with Crippen molar-refractivity contribution in [2.24, 2.45) is 5.92 Å². The summed E-state index contributed by atoms with van der Waals surface area (Å²) in [7, 11) is 0. The minimum atomic E-state index is 0.00966. The van der Waals surface area contributed by atoms with Crippen molar-refractivity contribution in [3.8, 4) is 5.75 Å². The zero-order valence-corrected chi connectivity index (χ0v) is 19.6. The highest BCUT2D eigenvalue weighted by atomic mass is 32.2. The molecule has 1 aromatic rings. The van der Waals surface area contributed by atoms with Crippen LogP contribution in [0, 0.1) is 19.8 Å². The van der Waals surface area contributed by atoms with E-state index in [2.05, 4.69) is 59.9 Å². The summed E-state index contributed by atoms with van der Waals surface area (Å²) in [5, 5.41) is 0. The summed E-state index contributed by atoms with van der Waals surface area (Å²) < 4.78 is 12.1. The van der Waals surface area contributed by atoms with Crippen molar-refractivity contribution in [1.82, 2.24) is 0 Å². The third kappa shape index (κ3) is 9.89. The minimum absolute atomic E-state index is 0.00966. The first-order valence-electron chi connectivity index (χ1n) is 10.6. The highest BCUT2D eigenvalue weighted by molar-refractivity contribution is 7.98. The Morgan fingerprint density at radius 1 is 1.11 bits per heavy atom. The van der Waals surface area contributed by atoms with Gasteiger partial charge >= 0.3 is 0 Å². The highest BCUT2D eigenvalue weighted by Crippen LogP contribution is 2.27. The summed E-state index contributed by atoms with van der Waals surface area (Å²) in [5.74, 6) is 3.01. The van der Waals surface area contributed by atoms with Gasteiger partial charge in [0.05, 0.1) is 12.2 Å². The fourth-order valence-electron chi connectivity index (χ4n) is 3.65. The van der Waals surface area contributed by atoms with E-state index in [1.165, 1.54) is 41.7 Å². The van der Waals surface area contributed by atoms with Gasteiger partial charge < -0.3 is 9.47 Å². The summed E-state index contributed by atoms with van der Waals surface area (Å²) in [6, 6.07) is 4.50. The molecule has 0 aromatic heterocycles. The Kier molecular flexibility index (Phi) is 11.5. The van der Waals surface area contributed by atoms with Gasteiger partial charge in [0.2, 0.25) is 0 Å². The van der Waals surface area contributed by atoms with Crippen LogP contribution in [0.2, 0.25) is 0 Å². The third-order valence-corrected chi connectivity index (χ3v) is 5.93. The molecule has 0 radical (unpaired) electrons. The molecule has 27 heavy (non-hydrogen) atoms. The van der Waals surface area contributed by atoms with Crippen LogP contribution >= 0.6 is 11.8 Å². The van der Waals surface area contributed by atoms with E-state index in [1.54, 1.807) is 0 Å². The summed E-state index contributed by atoms with van der Waals surface area (Å²) in [6.07, 6.45) is 9.22. The van der Waals surface area contributed by atoms with Gasteiger partial charge in [0.1, 0.15) is 5.75 Å². The summed E-state index contributed by atoms with van der Waals surface area (Å²) in [6.45, 7) is 14.8. The van der Waals surface area contributed by atoms with E-state index in [0.29, 0.717) is 5.92 Å². The third-order valence-electron chi connectivity index (χ3n) is 5.23. The summed E-state index contributed by atoms with van der Waals surface area (Å²) in [5.41, 5.74) is 4.08. The zero-order valence-electron chi connectivity index (χ0n) is 18.8. The molecule has 0 aliphatic carbocycles. The van der Waals surface area contributed by atoms with Gasteiger partial charge in [0, 0.05) is 6.61 Å². The smallest absolute Gasteiger partial charge is 0.123 e. The molecule has 0 amide bonds. The lowest BCUT2D eigenvalue weighted by atomic mass is 9.95. The van der Waals surface area contributed by atoms with Crippen LogP contribution < -0.4 is 4.74 Å². The molecule has 1 rings (SSSR count). The molecule has 1 atom stereocenters. The number of hydrogen-bond donors (Lipinski definition) is 0. The van der Waals surface area contributed by atoms with E-state index in [1.807, 2.05) is 11.8 Å². The number of rotatable bonds is 14. The molecule has 156 valence electrons. The number of thioether (sulfide) groups is 1. The molecule has 0 fully saturated rings. The standard InChI is InChI=1S/C24H42O2S/c1-8-26-24(5,6)14-9-11-19(2)13-15-25-23-18-20(3)17-21(4)22(23)12-10-16-27-7/h17-19H,8-16H2,1-7H3. The summed E-state index contributed by atoms with van der Waals surface area (Å²) in [4.78, 5) is 0. The van der Waals surface area contributed by atoms with Crippen molar-refractivity contribution in [2.75, 3.05) is 25.2 Å². The Balaban J connectivity index is 2.46. The maximum Gasteiger partial charge on any atom is 0.123 e. The van der Waals surface area contributed by atoms with Gasteiger partial charge in [-0.2, -0.15) is 11.8 Å². The predicted octanol–water partition coefficient (Wildman–Crippen LogP) is 6.99. The molecule has 1 aromatic carbocycles. The second-order valence-corrected chi connectivity index (χ2v) is 9.47. The van der Waals surface area contributed by atoms with Crippen LogP contribution in [-0.4, -0.2) is 30.8 Å². The van der Waals surface area contributed by atoms with Gasteiger partial charge in [-0.1, -0.05) is 25.8 Å². The van der Waals surface area contributed by atoms with Crippen LogP contribution in [-0.2, 0) is 11.2 Å². The van der Waals surface area contributed by atoms with E-state index < -0.39 is 0 Å². The van der Waals surface area contributed by atoms with Gasteiger partial charge in [0.15, 0.2) is 0 Å². The van der Waals surface area contributed by atoms with E-state index >= 15 is 0 Å². The number of benzene rings is 1. The molecule has 0 aliphatic heterocycles. The molecule has 1 unspecified atom stereocenters. The fraction of sp³-hybridized carbons (Fsp3) is 0.750. The lowest BCUT2D eigenvalue weighted by molar-refractivity contribution is -0.0183. The maximum absolute atomic E-state index is 6.25. The number of ether oxygens (including phenoxy) is 2. The Labute approximate surface area is 172 Å². The zero-order chi connectivity index (χ0) is 20.3. The first-order valence-corrected chi connectivity index (χ1v) is 12.0. The highest BCUT2D eigenvalue weighted by Gasteiger charge is 2.17. The van der Waals surface area contributed by atoms with Crippen molar-refractivity contribution in [3.05, 3.63) is 28.8 Å². The SMILES string of the molecule is CCOC(C)(C)CCCC(C)CCOc1cc(C)cc(C)c1CCCSC. The van der Waals surface area contributed by atoms with Crippen LogP contribution in [0.3, 0.4) is 0 Å². The Morgan fingerprint density at radius 2 is 1.85 bits per heavy atom. The quantitative estimate of drug-likeness (QED) is 0.317. The van der Waals surface area contributed by atoms with Crippen molar-refractivity contribution in [2.45, 2.75) is 85.7 Å². The second-order valence-electron chi connectivity index (χ2n) is 8.48. The first kappa shape index (κ1) is 24.4. The predicted molar refractivity (Wildman–Crippen MR) is 121 cm³/mol. The van der Waals surface area contributed by atoms with Crippen molar-refractivity contribution in [1.29, 1.82) is 0 Å². The van der Waals surface area contributed by atoms with Crippen molar-refractivity contribution >= 4 is 11.8 Å². The van der Waals surface area contributed by atoms with Crippen LogP contribution in [0.25, 0.3) is 0 Å². The number of hydrogen-bond acceptors (Lipinski definition) is 3. The van der Waals surface area contributed by atoms with Crippen LogP contribution in [0.4, 0.5) is 0 Å². The molecule has 0 heterocycles. The molecular weight excluding hydrogens is 352 g/mol. The Hall–Kier alpha value is -0.670. The van der Waals surface area contributed by atoms with Gasteiger partial charge in [-0.3, -0.25) is 0 Å². The average Bonchev–Trinajstić information content (AvgIpc) is 2.56. The van der Waals surface area contributed by atoms with Crippen LogP contribution in [0.15, 0.2) is 12.1 Å². The molecule has 0 spiro atoms. The van der Waals surface area contributed by atoms with Gasteiger partial charge in [0.25, 0.3) is 0 Å². The Morgan fingerprint density at radius 3 is 2.52 bits per heavy atom. The molecule has 0 aliphatic rings. The first-order chi connectivity index (χ1) is 12.8. The lowest BCUT2D eigenvalue weighted by Gasteiger charge is -2.25. The Bertz CT molecular complexity index is 539. The van der Waals surface area contributed by atoms with E-state index in [9.17, 15) is 0 Å². The summed E-state index contributed by atoms with van der Waals surface area (Å²) >= 11 is 1.92. The van der Waals surface area contributed by atoms with Crippen LogP contribution in [0.5, 0.6) is 5.75 Å². The average molecular weight is 395 g/mol. The van der Waals surface area contributed by atoms with Gasteiger partial charge in [-0.25, -0.2) is 0 Å². The van der Waals surface area contributed by atoms with Gasteiger partial charge in [-0.15, -0.1) is 0 Å². The lowest BCUT2D eigenvalue weighted by Crippen LogP contribution is -2.24. The van der Waals surface area contributed by atoms with E-state index in [4.69, 9.17) is 9.47 Å². The largest absolute Gasteiger partial charge is 0.493 e. The molecule has 0 bridgehead atoms. The van der Waals surface area contributed by atoms with E-state index in [-0.39, 0.29) is 5.60 Å². The molecule has 0 N–H and O–H groups in total. The fourth-order valence-corrected chi connectivity index (χ4v) is 4.09. The van der Waals surface area contributed by atoms with Crippen molar-refractivity contribution in [3.63, 3.8) is 0 Å². The van der Waals surface area contributed by atoms with E-state index in [0.717, 1.165) is 38.2 Å². The number of aryl methyl sites for hydroxylation is 2. The molecule has 0 saturated heterocycles. The molecule has 3 heteroatoms. The second kappa shape index (κ2) is 12.7.